The molecule has 17 nitrogen and oxygen atoms in total. The minimum absolute atomic E-state index is 0.0173. The Morgan fingerprint density at radius 2 is 1.36 bits per heavy atom. The Morgan fingerprint density at radius 3 is 2.00 bits per heavy atom. The number of anilines is 3. The van der Waals surface area contributed by atoms with Gasteiger partial charge in [0.2, 0.25) is 10.0 Å². The van der Waals surface area contributed by atoms with Crippen LogP contribution in [0.2, 0.25) is 0 Å². The number of carbonyl (C=O) groups excluding carboxylic acids is 4. The smallest absolute Gasteiger partial charge is 0.308 e. The fourth-order valence-electron chi connectivity index (χ4n) is 8.54. The Bertz CT molecular complexity index is 2410. The number of methoxy groups -OCH3 is 1. The lowest BCUT2D eigenvalue weighted by atomic mass is 9.86. The SMILES string of the molecule is CCN(C1CCC(C(=O)OC)CC1)S(=O)(=O)c1cccc(C(=O)Nc2ccc(N3CCCCC3)nc2C(=O)Nc2ccc(CCc3ccc(C(=O)NCCOCCOCCOCCO)cc3)cc2)c1. The highest BCUT2D eigenvalue weighted by atomic mass is 32.2. The molecule has 0 unspecified atom stereocenters. The minimum Gasteiger partial charge on any atom is -0.469 e. The van der Waals surface area contributed by atoms with Gasteiger partial charge < -0.3 is 44.9 Å². The van der Waals surface area contributed by atoms with Gasteiger partial charge in [-0.2, -0.15) is 4.31 Å². The molecule has 0 atom stereocenters. The molecule has 0 radical (unpaired) electrons. The number of carbonyl (C=O) groups is 4. The zero-order valence-corrected chi connectivity index (χ0v) is 40.5. The summed E-state index contributed by atoms with van der Waals surface area (Å²) in [4.78, 5) is 59.5. The van der Waals surface area contributed by atoms with Crippen LogP contribution in [0.3, 0.4) is 0 Å². The minimum atomic E-state index is -4.00. The zero-order valence-electron chi connectivity index (χ0n) is 39.7. The van der Waals surface area contributed by atoms with Gasteiger partial charge in [-0.25, -0.2) is 13.4 Å². The lowest BCUT2D eigenvalue weighted by Crippen LogP contribution is -2.43. The second-order valence-electron chi connectivity index (χ2n) is 17.0. The van der Waals surface area contributed by atoms with E-state index < -0.39 is 21.8 Å². The molecule has 4 aromatic rings. The van der Waals surface area contributed by atoms with E-state index >= 15 is 0 Å². The number of piperidine rings is 1. The molecule has 1 saturated carbocycles. The summed E-state index contributed by atoms with van der Waals surface area (Å²) >= 11 is 0. The van der Waals surface area contributed by atoms with E-state index in [1.54, 1.807) is 31.2 Å². The van der Waals surface area contributed by atoms with Gasteiger partial charge in [0.15, 0.2) is 5.69 Å². The molecule has 1 aliphatic carbocycles. The molecule has 69 heavy (non-hydrogen) atoms. The monoisotopic (exact) mass is 970 g/mol. The van der Waals surface area contributed by atoms with Gasteiger partial charge in [-0.15, -0.1) is 0 Å². The number of sulfonamides is 1. The average Bonchev–Trinajstić information content (AvgIpc) is 3.38. The van der Waals surface area contributed by atoms with Gasteiger partial charge in [-0.05, 0) is 124 Å². The van der Waals surface area contributed by atoms with Crippen LogP contribution in [-0.4, -0.2) is 132 Å². The summed E-state index contributed by atoms with van der Waals surface area (Å²) in [5, 5.41) is 17.3. The van der Waals surface area contributed by atoms with Crippen LogP contribution in [-0.2, 0) is 46.6 Å². The topological polar surface area (TPSA) is 215 Å². The van der Waals surface area contributed by atoms with Crippen molar-refractivity contribution in [2.75, 3.05) is 95.1 Å². The molecule has 0 spiro atoms. The first-order valence-electron chi connectivity index (χ1n) is 23.9. The molecule has 372 valence electrons. The number of rotatable bonds is 25. The number of aromatic nitrogens is 1. The molecular formula is C51H66N6O11S. The Balaban J connectivity index is 1.03. The molecule has 6 rings (SSSR count). The lowest BCUT2D eigenvalue weighted by molar-refractivity contribution is -0.146. The Labute approximate surface area is 405 Å². The summed E-state index contributed by atoms with van der Waals surface area (Å²) in [6.07, 6.45) is 6.67. The molecule has 2 aliphatic rings. The number of hydrogen-bond donors (Lipinski definition) is 4. The highest BCUT2D eigenvalue weighted by Crippen LogP contribution is 2.32. The normalized spacial score (nSPS) is 16.2. The molecule has 3 amide bonds. The maximum atomic E-state index is 14.0. The highest BCUT2D eigenvalue weighted by Gasteiger charge is 2.35. The molecule has 1 aromatic heterocycles. The van der Waals surface area contributed by atoms with E-state index in [4.69, 9.17) is 29.0 Å². The van der Waals surface area contributed by atoms with Crippen LogP contribution in [0.4, 0.5) is 17.2 Å². The Morgan fingerprint density at radius 1 is 0.725 bits per heavy atom. The van der Waals surface area contributed by atoms with Crippen molar-refractivity contribution in [3.63, 3.8) is 0 Å². The van der Waals surface area contributed by atoms with Crippen molar-refractivity contribution < 1.29 is 51.6 Å². The maximum Gasteiger partial charge on any atom is 0.308 e. The zero-order chi connectivity index (χ0) is 49.0. The fourth-order valence-corrected chi connectivity index (χ4v) is 10.3. The van der Waals surface area contributed by atoms with E-state index in [1.807, 2.05) is 36.4 Å². The van der Waals surface area contributed by atoms with E-state index in [-0.39, 0.29) is 65.4 Å². The van der Waals surface area contributed by atoms with E-state index in [0.29, 0.717) is 82.3 Å². The summed E-state index contributed by atoms with van der Waals surface area (Å²) in [7, 11) is -2.64. The van der Waals surface area contributed by atoms with Gasteiger partial charge in [-0.3, -0.25) is 19.2 Å². The van der Waals surface area contributed by atoms with E-state index in [2.05, 4.69) is 20.9 Å². The summed E-state index contributed by atoms with van der Waals surface area (Å²) in [5.74, 6) is -1.21. The average molecular weight is 971 g/mol. The first-order valence-corrected chi connectivity index (χ1v) is 25.3. The van der Waals surface area contributed by atoms with Crippen LogP contribution in [0.15, 0.2) is 89.8 Å². The standard InChI is InChI=1S/C51H66N6O11S/c1-3-57(43-22-18-40(19-23-43)51(62)65-2)69(63,64)44-9-7-8-41(36-44)49(60)54-45-24-25-46(56-27-5-4-6-28-56)55-47(45)50(61)53-42-20-14-38(15-21-42)11-10-37-12-16-39(17-13-37)48(59)52-26-30-66-32-34-68-35-33-67-31-29-58/h7-9,12-17,20-21,24-25,36,40,43,58H,3-6,10-11,18-19,22-23,26-35H2,1-2H3,(H,52,59)(H,53,61)(H,54,60). The van der Waals surface area contributed by atoms with Crippen molar-refractivity contribution in [3.8, 4) is 0 Å². The van der Waals surface area contributed by atoms with Gasteiger partial charge in [0.25, 0.3) is 17.7 Å². The van der Waals surface area contributed by atoms with Crippen molar-refractivity contribution in [1.82, 2.24) is 14.6 Å². The van der Waals surface area contributed by atoms with E-state index in [1.165, 1.54) is 35.7 Å². The molecule has 4 N–H and O–H groups in total. The van der Waals surface area contributed by atoms with Crippen molar-refractivity contribution in [2.24, 2.45) is 5.92 Å². The number of nitrogens with zero attached hydrogens (tertiary/aromatic N) is 3. The van der Waals surface area contributed by atoms with Crippen molar-refractivity contribution in [1.29, 1.82) is 0 Å². The predicted octanol–water partition coefficient (Wildman–Crippen LogP) is 5.88. The number of benzene rings is 3. The number of aliphatic hydroxyl groups excluding tert-OH is 1. The molecule has 1 saturated heterocycles. The van der Waals surface area contributed by atoms with Crippen LogP contribution < -0.4 is 20.9 Å². The predicted molar refractivity (Wildman–Crippen MR) is 262 cm³/mol. The van der Waals surface area contributed by atoms with E-state index in [0.717, 1.165) is 56.3 Å². The lowest BCUT2D eigenvalue weighted by Gasteiger charge is -2.34. The number of aryl methyl sites for hydroxylation is 2. The number of amides is 3. The van der Waals surface area contributed by atoms with Gasteiger partial charge in [-0.1, -0.05) is 37.3 Å². The summed E-state index contributed by atoms with van der Waals surface area (Å²) in [6, 6.07) is 24.0. The van der Waals surface area contributed by atoms with Crippen LogP contribution in [0, 0.1) is 5.92 Å². The second kappa shape index (κ2) is 26.8. The van der Waals surface area contributed by atoms with Gasteiger partial charge in [0.05, 0.1) is 69.9 Å². The van der Waals surface area contributed by atoms with Crippen molar-refractivity contribution in [2.45, 2.75) is 75.6 Å². The summed E-state index contributed by atoms with van der Waals surface area (Å²) < 4.78 is 50.4. The van der Waals surface area contributed by atoms with Crippen LogP contribution in [0.5, 0.6) is 0 Å². The Kier molecular flexibility index (Phi) is 20.5. The molecule has 2 heterocycles. The fraction of sp³-hybridized carbons (Fsp3) is 0.471. The second-order valence-corrected chi connectivity index (χ2v) is 18.9. The first-order chi connectivity index (χ1) is 33.5. The molecule has 3 aromatic carbocycles. The summed E-state index contributed by atoms with van der Waals surface area (Å²) in [6.45, 7) is 6.23. The third kappa shape index (κ3) is 15.4. The van der Waals surface area contributed by atoms with Crippen molar-refractivity contribution >= 4 is 50.9 Å². The van der Waals surface area contributed by atoms with Crippen molar-refractivity contribution in [3.05, 3.63) is 113 Å². The number of esters is 1. The quantitative estimate of drug-likeness (QED) is 0.0452. The molecule has 2 fully saturated rings. The number of ether oxygens (including phenoxy) is 4. The summed E-state index contributed by atoms with van der Waals surface area (Å²) in [5.41, 5.74) is 3.49. The largest absolute Gasteiger partial charge is 0.469 e. The molecule has 1 aliphatic heterocycles. The maximum absolute atomic E-state index is 14.0. The molecular weight excluding hydrogens is 905 g/mol. The van der Waals surface area contributed by atoms with Gasteiger partial charge >= 0.3 is 5.97 Å². The van der Waals surface area contributed by atoms with Crippen LogP contribution in [0.1, 0.15) is 94.2 Å². The number of pyridine rings is 1. The van der Waals surface area contributed by atoms with Gasteiger partial charge in [0, 0.05) is 49.0 Å². The highest BCUT2D eigenvalue weighted by molar-refractivity contribution is 7.89. The van der Waals surface area contributed by atoms with E-state index in [9.17, 15) is 27.6 Å². The van der Waals surface area contributed by atoms with Gasteiger partial charge in [0.1, 0.15) is 5.82 Å². The number of hydrogen-bond acceptors (Lipinski definition) is 13. The Hall–Kier alpha value is -5.76. The molecule has 0 bridgehead atoms. The third-order valence-corrected chi connectivity index (χ3v) is 14.3. The number of aliphatic hydroxyl groups is 1. The number of nitrogens with one attached hydrogen (secondary N) is 3. The third-order valence-electron chi connectivity index (χ3n) is 12.3. The molecule has 18 heteroatoms. The van der Waals surface area contributed by atoms with Crippen LogP contribution >= 0.6 is 0 Å². The van der Waals surface area contributed by atoms with Crippen LogP contribution in [0.25, 0.3) is 0 Å². The first kappa shape index (κ1) is 52.6.